The van der Waals surface area contributed by atoms with Gasteiger partial charge in [-0.15, -0.1) is 0 Å². The van der Waals surface area contributed by atoms with Gasteiger partial charge in [0.25, 0.3) is 11.8 Å². The first kappa shape index (κ1) is 19.0. The van der Waals surface area contributed by atoms with E-state index in [4.69, 9.17) is 14.2 Å². The summed E-state index contributed by atoms with van der Waals surface area (Å²) in [6, 6.07) is 20.4. The lowest BCUT2D eigenvalue weighted by atomic mass is 10.1. The summed E-state index contributed by atoms with van der Waals surface area (Å²) < 4.78 is 16.2. The number of ether oxygens (including phenoxy) is 3. The highest BCUT2D eigenvalue weighted by Crippen LogP contribution is 2.34. The molecule has 0 fully saturated rings. The molecule has 31 heavy (non-hydrogen) atoms. The van der Waals surface area contributed by atoms with Crippen LogP contribution in [-0.2, 0) is 17.9 Å². The molecular weight excluding hydrogens is 396 g/mol. The van der Waals surface area contributed by atoms with Gasteiger partial charge in [-0.25, -0.2) is 0 Å². The van der Waals surface area contributed by atoms with Crippen LogP contribution in [0, 0.1) is 0 Å². The molecule has 0 saturated heterocycles. The molecule has 5 rings (SSSR count). The van der Waals surface area contributed by atoms with Crippen molar-refractivity contribution in [1.29, 1.82) is 0 Å². The van der Waals surface area contributed by atoms with Crippen LogP contribution in [0.3, 0.4) is 0 Å². The first-order valence-corrected chi connectivity index (χ1v) is 9.95. The minimum atomic E-state index is -0.238. The molecule has 0 radical (unpaired) electrons. The van der Waals surface area contributed by atoms with E-state index in [0.717, 1.165) is 11.1 Å². The zero-order chi connectivity index (χ0) is 21.2. The fourth-order valence-electron chi connectivity index (χ4n) is 3.62. The third-order valence-electron chi connectivity index (χ3n) is 5.24. The molecule has 2 amide bonds. The van der Waals surface area contributed by atoms with Crippen LogP contribution in [0.5, 0.6) is 17.2 Å². The SMILES string of the molecule is O=C(NCc1ccc2c(c1)OCO2)c1ccc2c(c1)N(Cc1ccccc1)C(=O)CO2. The smallest absolute Gasteiger partial charge is 0.265 e. The van der Waals surface area contributed by atoms with Crippen molar-refractivity contribution < 1.29 is 23.8 Å². The number of amides is 2. The second-order valence-corrected chi connectivity index (χ2v) is 7.31. The largest absolute Gasteiger partial charge is 0.482 e. The van der Waals surface area contributed by atoms with E-state index in [0.29, 0.717) is 41.6 Å². The predicted molar refractivity (Wildman–Crippen MR) is 113 cm³/mol. The third-order valence-corrected chi connectivity index (χ3v) is 5.24. The van der Waals surface area contributed by atoms with Crippen LogP contribution < -0.4 is 24.4 Å². The fraction of sp³-hybridized carbons (Fsp3) is 0.167. The number of anilines is 1. The summed E-state index contributed by atoms with van der Waals surface area (Å²) in [5, 5.41) is 2.91. The van der Waals surface area contributed by atoms with E-state index in [1.807, 2.05) is 48.5 Å². The van der Waals surface area contributed by atoms with Crippen LogP contribution in [0.25, 0.3) is 0 Å². The van der Waals surface area contributed by atoms with E-state index in [2.05, 4.69) is 5.32 Å². The molecule has 0 atom stereocenters. The van der Waals surface area contributed by atoms with Gasteiger partial charge in [-0.05, 0) is 41.5 Å². The molecule has 7 nitrogen and oxygen atoms in total. The zero-order valence-electron chi connectivity index (χ0n) is 16.7. The Morgan fingerprint density at radius 1 is 0.871 bits per heavy atom. The highest BCUT2D eigenvalue weighted by Gasteiger charge is 2.26. The second-order valence-electron chi connectivity index (χ2n) is 7.31. The number of rotatable bonds is 5. The van der Waals surface area contributed by atoms with Gasteiger partial charge in [-0.2, -0.15) is 0 Å². The Hall–Kier alpha value is -4.00. The molecule has 2 heterocycles. The van der Waals surface area contributed by atoms with E-state index in [1.54, 1.807) is 23.1 Å². The van der Waals surface area contributed by atoms with Gasteiger partial charge < -0.3 is 24.4 Å². The Bertz CT molecular complexity index is 1150. The highest BCUT2D eigenvalue weighted by molar-refractivity contribution is 6.01. The third kappa shape index (κ3) is 3.90. The molecule has 0 unspecified atom stereocenters. The summed E-state index contributed by atoms with van der Waals surface area (Å²) in [4.78, 5) is 27.0. The van der Waals surface area contributed by atoms with Gasteiger partial charge in [0.2, 0.25) is 6.79 Å². The molecule has 1 N–H and O–H groups in total. The van der Waals surface area contributed by atoms with E-state index < -0.39 is 0 Å². The van der Waals surface area contributed by atoms with Gasteiger partial charge in [-0.3, -0.25) is 9.59 Å². The highest BCUT2D eigenvalue weighted by atomic mass is 16.7. The van der Waals surface area contributed by atoms with Crippen LogP contribution in [-0.4, -0.2) is 25.2 Å². The molecule has 0 aliphatic carbocycles. The molecule has 3 aromatic carbocycles. The van der Waals surface area contributed by atoms with Crippen molar-refractivity contribution in [1.82, 2.24) is 5.32 Å². The van der Waals surface area contributed by atoms with Gasteiger partial charge in [0.1, 0.15) is 5.75 Å². The fourth-order valence-corrected chi connectivity index (χ4v) is 3.62. The van der Waals surface area contributed by atoms with Crippen molar-refractivity contribution in [2.75, 3.05) is 18.3 Å². The van der Waals surface area contributed by atoms with E-state index in [1.165, 1.54) is 0 Å². The monoisotopic (exact) mass is 416 g/mol. The number of carbonyl (C=O) groups is 2. The van der Waals surface area contributed by atoms with Crippen LogP contribution in [0.15, 0.2) is 66.7 Å². The Morgan fingerprint density at radius 3 is 2.55 bits per heavy atom. The van der Waals surface area contributed by atoms with E-state index in [-0.39, 0.29) is 25.2 Å². The van der Waals surface area contributed by atoms with Crippen molar-refractivity contribution in [2.45, 2.75) is 13.1 Å². The van der Waals surface area contributed by atoms with Gasteiger partial charge >= 0.3 is 0 Å². The maximum atomic E-state index is 12.8. The molecular formula is C24H20N2O5. The zero-order valence-corrected chi connectivity index (χ0v) is 16.7. The molecule has 3 aromatic rings. The first-order chi connectivity index (χ1) is 15.2. The number of nitrogens with one attached hydrogen (secondary N) is 1. The Balaban J connectivity index is 1.33. The Kier molecular flexibility index (Phi) is 4.92. The maximum Gasteiger partial charge on any atom is 0.265 e. The summed E-state index contributed by atoms with van der Waals surface area (Å²) in [7, 11) is 0. The minimum absolute atomic E-state index is 0.0184. The van der Waals surface area contributed by atoms with Crippen molar-refractivity contribution in [3.63, 3.8) is 0 Å². The number of benzene rings is 3. The molecule has 2 aliphatic heterocycles. The van der Waals surface area contributed by atoms with Crippen LogP contribution in [0.2, 0.25) is 0 Å². The average molecular weight is 416 g/mol. The number of fused-ring (bicyclic) bond motifs is 2. The van der Waals surface area contributed by atoms with Crippen LogP contribution in [0.4, 0.5) is 5.69 Å². The summed E-state index contributed by atoms with van der Waals surface area (Å²) >= 11 is 0. The maximum absolute atomic E-state index is 12.8. The lowest BCUT2D eigenvalue weighted by Gasteiger charge is -2.29. The second kappa shape index (κ2) is 8.02. The molecule has 0 aromatic heterocycles. The summed E-state index contributed by atoms with van der Waals surface area (Å²) in [6.07, 6.45) is 0. The van der Waals surface area contributed by atoms with Gasteiger partial charge in [-0.1, -0.05) is 36.4 Å². The number of hydrogen-bond donors (Lipinski definition) is 1. The Morgan fingerprint density at radius 2 is 1.68 bits per heavy atom. The molecule has 0 bridgehead atoms. The predicted octanol–water partition coefficient (Wildman–Crippen LogP) is 3.27. The quantitative estimate of drug-likeness (QED) is 0.691. The summed E-state index contributed by atoms with van der Waals surface area (Å²) in [6.45, 7) is 0.948. The first-order valence-electron chi connectivity index (χ1n) is 9.95. The van der Waals surface area contributed by atoms with Gasteiger partial charge in [0, 0.05) is 12.1 Å². The molecule has 0 saturated carbocycles. The van der Waals surface area contributed by atoms with Crippen LogP contribution in [0.1, 0.15) is 21.5 Å². The molecule has 156 valence electrons. The summed E-state index contributed by atoms with van der Waals surface area (Å²) in [5.74, 6) is 1.58. The van der Waals surface area contributed by atoms with Crippen molar-refractivity contribution in [3.05, 3.63) is 83.4 Å². The van der Waals surface area contributed by atoms with Crippen molar-refractivity contribution in [2.24, 2.45) is 0 Å². The minimum Gasteiger partial charge on any atom is -0.482 e. The lowest BCUT2D eigenvalue weighted by Crippen LogP contribution is -2.38. The molecule has 0 spiro atoms. The van der Waals surface area contributed by atoms with E-state index >= 15 is 0 Å². The molecule has 2 aliphatic rings. The van der Waals surface area contributed by atoms with Gasteiger partial charge in [0.05, 0.1) is 12.2 Å². The normalized spacial score (nSPS) is 14.1. The number of hydrogen-bond acceptors (Lipinski definition) is 5. The standard InChI is InChI=1S/C24H20N2O5/c27-23-14-29-20-9-7-18(11-19(20)26(23)13-16-4-2-1-3-5-16)24(28)25-12-17-6-8-21-22(10-17)31-15-30-21/h1-11H,12-15H2,(H,25,28). The van der Waals surface area contributed by atoms with Crippen molar-refractivity contribution >= 4 is 17.5 Å². The lowest BCUT2D eigenvalue weighted by molar-refractivity contribution is -0.121. The van der Waals surface area contributed by atoms with Crippen LogP contribution >= 0.6 is 0 Å². The van der Waals surface area contributed by atoms with Gasteiger partial charge in [0.15, 0.2) is 18.1 Å². The molecule has 7 heteroatoms. The van der Waals surface area contributed by atoms with Crippen molar-refractivity contribution in [3.8, 4) is 17.2 Å². The summed E-state index contributed by atoms with van der Waals surface area (Å²) in [5.41, 5.74) is 2.95. The number of carbonyl (C=O) groups excluding carboxylic acids is 2. The topological polar surface area (TPSA) is 77.1 Å². The number of nitrogens with zero attached hydrogens (tertiary/aromatic N) is 1. The Labute approximate surface area is 179 Å². The average Bonchev–Trinajstić information content (AvgIpc) is 3.28. The van der Waals surface area contributed by atoms with E-state index in [9.17, 15) is 9.59 Å².